The van der Waals surface area contributed by atoms with Gasteiger partial charge in [0.2, 0.25) is 0 Å². The van der Waals surface area contributed by atoms with Crippen LogP contribution >= 0.6 is 0 Å². The van der Waals surface area contributed by atoms with Gasteiger partial charge >= 0.3 is 6.18 Å². The molecule has 1 aliphatic heterocycles. The number of alkyl halides is 3. The van der Waals surface area contributed by atoms with Crippen molar-refractivity contribution in [3.63, 3.8) is 0 Å². The molecule has 4 rings (SSSR count). The molecule has 1 aromatic heterocycles. The molecule has 10 heteroatoms. The Balaban J connectivity index is 1.55. The standard InChI is InChI=1S/C27H29F3N4O3/c1-18-31-24(17-36-2)23(15-19-7-9-22(37-3)10-8-19)25(32-18)33-11-13-34(14-12-33)26(35)20-5-4-6-21(16-20)27(28,29)30/h4-10,16H,11-15,17H2,1-3H3. The van der Waals surface area contributed by atoms with Crippen molar-refractivity contribution in [2.75, 3.05) is 45.3 Å². The van der Waals surface area contributed by atoms with E-state index in [2.05, 4.69) is 9.88 Å². The van der Waals surface area contributed by atoms with Gasteiger partial charge in [0.25, 0.3) is 5.91 Å². The molecule has 2 aromatic carbocycles. The number of amides is 1. The van der Waals surface area contributed by atoms with Gasteiger partial charge in [-0.1, -0.05) is 18.2 Å². The Morgan fingerprint density at radius 2 is 1.70 bits per heavy atom. The summed E-state index contributed by atoms with van der Waals surface area (Å²) in [5.41, 5.74) is 2.00. The van der Waals surface area contributed by atoms with Crippen LogP contribution in [0.1, 0.15) is 38.6 Å². The van der Waals surface area contributed by atoms with Crippen molar-refractivity contribution in [2.45, 2.75) is 26.1 Å². The minimum atomic E-state index is -4.50. The first-order chi connectivity index (χ1) is 17.7. The van der Waals surface area contributed by atoms with Gasteiger partial charge in [0.05, 0.1) is 25.0 Å². The van der Waals surface area contributed by atoms with Crippen LogP contribution in [0.2, 0.25) is 0 Å². The second-order valence-corrected chi connectivity index (χ2v) is 8.84. The highest BCUT2D eigenvalue weighted by atomic mass is 19.4. The number of aromatic nitrogens is 2. The van der Waals surface area contributed by atoms with Crippen molar-refractivity contribution in [3.05, 3.63) is 82.3 Å². The predicted molar refractivity (Wildman–Crippen MR) is 133 cm³/mol. The third-order valence-corrected chi connectivity index (χ3v) is 6.31. The molecule has 1 amide bonds. The number of carbonyl (C=O) groups excluding carboxylic acids is 1. The summed E-state index contributed by atoms with van der Waals surface area (Å²) >= 11 is 0. The fourth-order valence-electron chi connectivity index (χ4n) is 4.42. The number of aryl methyl sites for hydroxylation is 1. The van der Waals surface area contributed by atoms with Gasteiger partial charge < -0.3 is 19.3 Å². The highest BCUT2D eigenvalue weighted by molar-refractivity contribution is 5.94. The van der Waals surface area contributed by atoms with Gasteiger partial charge in [-0.15, -0.1) is 0 Å². The summed E-state index contributed by atoms with van der Waals surface area (Å²) in [6.07, 6.45) is -3.91. The molecule has 3 aromatic rings. The Kier molecular flexibility index (Phi) is 7.97. The maximum Gasteiger partial charge on any atom is 0.416 e. The van der Waals surface area contributed by atoms with Gasteiger partial charge in [0.1, 0.15) is 17.4 Å². The summed E-state index contributed by atoms with van der Waals surface area (Å²) in [5.74, 6) is 1.75. The first-order valence-corrected chi connectivity index (χ1v) is 11.9. The van der Waals surface area contributed by atoms with E-state index in [1.54, 1.807) is 19.1 Å². The molecule has 2 heterocycles. The van der Waals surface area contributed by atoms with Crippen LogP contribution in [0, 0.1) is 6.92 Å². The van der Waals surface area contributed by atoms with E-state index in [4.69, 9.17) is 14.5 Å². The molecule has 1 aliphatic rings. The van der Waals surface area contributed by atoms with Gasteiger partial charge in [-0.3, -0.25) is 4.79 Å². The van der Waals surface area contributed by atoms with Gasteiger partial charge in [0.15, 0.2) is 0 Å². The first-order valence-electron chi connectivity index (χ1n) is 11.9. The number of piperazine rings is 1. The number of halogens is 3. The molecule has 7 nitrogen and oxygen atoms in total. The average Bonchev–Trinajstić information content (AvgIpc) is 2.90. The molecular weight excluding hydrogens is 485 g/mol. The third-order valence-electron chi connectivity index (χ3n) is 6.31. The summed E-state index contributed by atoms with van der Waals surface area (Å²) in [7, 11) is 3.24. The lowest BCUT2D eigenvalue weighted by atomic mass is 10.0. The maximum absolute atomic E-state index is 13.1. The minimum absolute atomic E-state index is 0.0312. The summed E-state index contributed by atoms with van der Waals surface area (Å²) in [4.78, 5) is 26.0. The van der Waals surface area contributed by atoms with E-state index >= 15 is 0 Å². The predicted octanol–water partition coefficient (Wildman–Crippen LogP) is 4.51. The number of hydrogen-bond acceptors (Lipinski definition) is 6. The third kappa shape index (κ3) is 6.19. The number of rotatable bonds is 7. The van der Waals surface area contributed by atoms with E-state index in [1.165, 1.54) is 12.1 Å². The summed E-state index contributed by atoms with van der Waals surface area (Å²) in [5, 5.41) is 0. The van der Waals surface area contributed by atoms with E-state index in [-0.39, 0.29) is 5.56 Å². The minimum Gasteiger partial charge on any atom is -0.497 e. The van der Waals surface area contributed by atoms with E-state index in [1.807, 2.05) is 31.2 Å². The quantitative estimate of drug-likeness (QED) is 0.462. The van der Waals surface area contributed by atoms with Crippen LogP contribution in [-0.2, 0) is 23.9 Å². The molecule has 1 fully saturated rings. The van der Waals surface area contributed by atoms with Crippen molar-refractivity contribution in [1.82, 2.24) is 14.9 Å². The lowest BCUT2D eigenvalue weighted by Gasteiger charge is -2.36. The zero-order chi connectivity index (χ0) is 26.6. The first kappa shape index (κ1) is 26.4. The Hall–Kier alpha value is -3.66. The van der Waals surface area contributed by atoms with Crippen molar-refractivity contribution in [3.8, 4) is 5.75 Å². The van der Waals surface area contributed by atoms with Gasteiger partial charge in [-0.2, -0.15) is 13.2 Å². The lowest BCUT2D eigenvalue weighted by molar-refractivity contribution is -0.137. The van der Waals surface area contributed by atoms with Crippen LogP contribution < -0.4 is 9.64 Å². The summed E-state index contributed by atoms with van der Waals surface area (Å²) in [6, 6.07) is 12.3. The zero-order valence-electron chi connectivity index (χ0n) is 21.0. The smallest absolute Gasteiger partial charge is 0.416 e. The van der Waals surface area contributed by atoms with Crippen LogP contribution in [0.3, 0.4) is 0 Å². The number of nitrogens with zero attached hydrogens (tertiary/aromatic N) is 4. The van der Waals surface area contributed by atoms with Crippen LogP contribution in [0.25, 0.3) is 0 Å². The number of benzene rings is 2. The van der Waals surface area contributed by atoms with Crippen molar-refractivity contribution < 1.29 is 27.4 Å². The van der Waals surface area contributed by atoms with Crippen LogP contribution in [0.5, 0.6) is 5.75 Å². The van der Waals surface area contributed by atoms with Gasteiger partial charge in [-0.25, -0.2) is 9.97 Å². The Morgan fingerprint density at radius 3 is 2.32 bits per heavy atom. The Labute approximate surface area is 213 Å². The zero-order valence-corrected chi connectivity index (χ0v) is 21.0. The lowest BCUT2D eigenvalue weighted by Crippen LogP contribution is -2.49. The van der Waals surface area contributed by atoms with Gasteiger partial charge in [0, 0.05) is 50.8 Å². The van der Waals surface area contributed by atoms with Crippen LogP contribution in [0.15, 0.2) is 48.5 Å². The van der Waals surface area contributed by atoms with E-state index in [0.29, 0.717) is 45.0 Å². The molecule has 1 saturated heterocycles. The molecule has 0 spiro atoms. The fraction of sp³-hybridized carbons (Fsp3) is 0.370. The van der Waals surface area contributed by atoms with E-state index < -0.39 is 17.6 Å². The van der Waals surface area contributed by atoms with Crippen molar-refractivity contribution in [2.24, 2.45) is 0 Å². The second kappa shape index (κ2) is 11.2. The molecule has 0 aliphatic carbocycles. The monoisotopic (exact) mass is 514 g/mol. The molecule has 0 saturated carbocycles. The van der Waals surface area contributed by atoms with Crippen molar-refractivity contribution >= 4 is 11.7 Å². The summed E-state index contributed by atoms with van der Waals surface area (Å²) < 4.78 is 50.0. The highest BCUT2D eigenvalue weighted by Crippen LogP contribution is 2.30. The molecule has 0 unspecified atom stereocenters. The topological polar surface area (TPSA) is 67.8 Å². The van der Waals surface area contributed by atoms with E-state index in [0.717, 1.165) is 40.5 Å². The van der Waals surface area contributed by atoms with Crippen LogP contribution in [0.4, 0.5) is 19.0 Å². The Morgan fingerprint density at radius 1 is 1.00 bits per heavy atom. The van der Waals surface area contributed by atoms with E-state index in [9.17, 15) is 18.0 Å². The maximum atomic E-state index is 13.1. The van der Waals surface area contributed by atoms with Crippen molar-refractivity contribution in [1.29, 1.82) is 0 Å². The number of anilines is 1. The largest absolute Gasteiger partial charge is 0.497 e. The SMILES string of the molecule is COCc1nc(C)nc(N2CCN(C(=O)c3cccc(C(F)(F)F)c3)CC2)c1Cc1ccc(OC)cc1. The van der Waals surface area contributed by atoms with Crippen LogP contribution in [-0.4, -0.2) is 61.2 Å². The number of ether oxygens (including phenoxy) is 2. The molecule has 37 heavy (non-hydrogen) atoms. The molecular formula is C27H29F3N4O3. The number of methoxy groups -OCH3 is 2. The molecule has 196 valence electrons. The second-order valence-electron chi connectivity index (χ2n) is 8.84. The number of carbonyl (C=O) groups is 1. The average molecular weight is 515 g/mol. The molecule has 0 bridgehead atoms. The summed E-state index contributed by atoms with van der Waals surface area (Å²) in [6.45, 7) is 3.86. The fourth-order valence-corrected chi connectivity index (χ4v) is 4.42. The molecule has 0 radical (unpaired) electrons. The van der Waals surface area contributed by atoms with Gasteiger partial charge in [-0.05, 0) is 42.8 Å². The highest BCUT2D eigenvalue weighted by Gasteiger charge is 2.32. The molecule has 0 N–H and O–H groups in total. The molecule has 0 atom stereocenters. The normalized spacial score (nSPS) is 14.1. The number of hydrogen-bond donors (Lipinski definition) is 0. The Bertz CT molecular complexity index is 1240.